The number of amides is 1. The van der Waals surface area contributed by atoms with E-state index in [0.29, 0.717) is 18.0 Å². The zero-order valence-corrected chi connectivity index (χ0v) is 13.2. The van der Waals surface area contributed by atoms with Crippen LogP contribution in [0.25, 0.3) is 0 Å². The quantitative estimate of drug-likeness (QED) is 0.921. The number of anilines is 1. The third kappa shape index (κ3) is 3.47. The SMILES string of the molecule is O=C(NC[C@H]1CCN(c2cccc(Br)c2)C1)c1ccoc1. The first kappa shape index (κ1) is 14.2. The Labute approximate surface area is 132 Å². The average molecular weight is 349 g/mol. The van der Waals surface area contributed by atoms with E-state index in [1.54, 1.807) is 6.07 Å². The lowest BCUT2D eigenvalue weighted by Gasteiger charge is -2.19. The van der Waals surface area contributed by atoms with Crippen LogP contribution in [-0.2, 0) is 0 Å². The van der Waals surface area contributed by atoms with Crippen LogP contribution >= 0.6 is 15.9 Å². The van der Waals surface area contributed by atoms with Gasteiger partial charge < -0.3 is 14.6 Å². The van der Waals surface area contributed by atoms with Gasteiger partial charge in [0.15, 0.2) is 0 Å². The molecule has 1 aromatic carbocycles. The standard InChI is InChI=1S/C16H17BrN2O2/c17-14-2-1-3-15(8-14)19-6-4-12(10-19)9-18-16(20)13-5-7-21-11-13/h1-3,5,7-8,11-12H,4,6,9-10H2,(H,18,20)/t12-/m1/s1. The molecular weight excluding hydrogens is 332 g/mol. The van der Waals surface area contributed by atoms with Gasteiger partial charge in [-0.3, -0.25) is 4.79 Å². The van der Waals surface area contributed by atoms with Crippen LogP contribution in [0.3, 0.4) is 0 Å². The van der Waals surface area contributed by atoms with Crippen molar-refractivity contribution >= 4 is 27.5 Å². The second-order valence-corrected chi connectivity index (χ2v) is 6.22. The van der Waals surface area contributed by atoms with Crippen LogP contribution in [0, 0.1) is 5.92 Å². The minimum Gasteiger partial charge on any atom is -0.472 e. The smallest absolute Gasteiger partial charge is 0.254 e. The number of nitrogens with one attached hydrogen (secondary N) is 1. The van der Waals surface area contributed by atoms with Crippen molar-refractivity contribution in [1.29, 1.82) is 0 Å². The molecule has 4 nitrogen and oxygen atoms in total. The molecule has 1 aromatic heterocycles. The minimum atomic E-state index is -0.0651. The number of hydrogen-bond acceptors (Lipinski definition) is 3. The molecule has 1 N–H and O–H groups in total. The van der Waals surface area contributed by atoms with Gasteiger partial charge in [-0.25, -0.2) is 0 Å². The molecule has 1 fully saturated rings. The molecule has 0 bridgehead atoms. The van der Waals surface area contributed by atoms with Crippen LogP contribution in [0.2, 0.25) is 0 Å². The Bertz CT molecular complexity index is 612. The van der Waals surface area contributed by atoms with E-state index in [4.69, 9.17) is 4.42 Å². The van der Waals surface area contributed by atoms with Gasteiger partial charge in [-0.05, 0) is 36.6 Å². The van der Waals surface area contributed by atoms with E-state index in [-0.39, 0.29) is 5.91 Å². The summed E-state index contributed by atoms with van der Waals surface area (Å²) < 4.78 is 6.01. The number of furan rings is 1. The van der Waals surface area contributed by atoms with Gasteiger partial charge in [-0.15, -0.1) is 0 Å². The molecule has 110 valence electrons. The highest BCUT2D eigenvalue weighted by Crippen LogP contribution is 2.25. The van der Waals surface area contributed by atoms with E-state index in [9.17, 15) is 4.79 Å². The van der Waals surface area contributed by atoms with Gasteiger partial charge >= 0.3 is 0 Å². The van der Waals surface area contributed by atoms with E-state index in [1.807, 2.05) is 12.1 Å². The molecule has 1 amide bonds. The van der Waals surface area contributed by atoms with Gasteiger partial charge in [0.05, 0.1) is 11.8 Å². The van der Waals surface area contributed by atoms with E-state index in [2.05, 4.69) is 38.3 Å². The van der Waals surface area contributed by atoms with Crippen LogP contribution in [-0.4, -0.2) is 25.5 Å². The zero-order valence-electron chi connectivity index (χ0n) is 11.6. The lowest BCUT2D eigenvalue weighted by atomic mass is 10.1. The van der Waals surface area contributed by atoms with Crippen LogP contribution in [0.4, 0.5) is 5.69 Å². The normalized spacial score (nSPS) is 18.0. The minimum absolute atomic E-state index is 0.0651. The topological polar surface area (TPSA) is 45.5 Å². The number of carbonyl (C=O) groups is 1. The molecule has 5 heteroatoms. The van der Waals surface area contributed by atoms with Crippen molar-refractivity contribution in [2.45, 2.75) is 6.42 Å². The van der Waals surface area contributed by atoms with E-state index in [1.165, 1.54) is 18.2 Å². The number of nitrogens with zero attached hydrogens (tertiary/aromatic N) is 1. The monoisotopic (exact) mass is 348 g/mol. The van der Waals surface area contributed by atoms with Gasteiger partial charge in [0.25, 0.3) is 5.91 Å². The summed E-state index contributed by atoms with van der Waals surface area (Å²) in [6, 6.07) is 10.0. The van der Waals surface area contributed by atoms with Crippen molar-refractivity contribution < 1.29 is 9.21 Å². The molecule has 0 spiro atoms. The second-order valence-electron chi connectivity index (χ2n) is 5.30. The maximum atomic E-state index is 11.9. The molecule has 0 radical (unpaired) electrons. The molecule has 1 atom stereocenters. The van der Waals surface area contributed by atoms with Crippen molar-refractivity contribution in [2.24, 2.45) is 5.92 Å². The maximum absolute atomic E-state index is 11.9. The Morgan fingerprint density at radius 1 is 1.43 bits per heavy atom. The number of hydrogen-bond donors (Lipinski definition) is 1. The van der Waals surface area contributed by atoms with E-state index in [0.717, 1.165) is 24.0 Å². The predicted octanol–water partition coefficient (Wildman–Crippen LogP) is 3.30. The summed E-state index contributed by atoms with van der Waals surface area (Å²) in [5.74, 6) is 0.421. The maximum Gasteiger partial charge on any atom is 0.254 e. The summed E-state index contributed by atoms with van der Waals surface area (Å²) in [5, 5.41) is 2.98. The average Bonchev–Trinajstić information content (AvgIpc) is 3.16. The Kier molecular flexibility index (Phi) is 4.29. The van der Waals surface area contributed by atoms with Crippen molar-refractivity contribution in [2.75, 3.05) is 24.5 Å². The van der Waals surface area contributed by atoms with Gasteiger partial charge in [-0.2, -0.15) is 0 Å². The lowest BCUT2D eigenvalue weighted by Crippen LogP contribution is -2.30. The molecule has 0 saturated carbocycles. The molecule has 1 saturated heterocycles. The molecule has 3 rings (SSSR count). The summed E-state index contributed by atoms with van der Waals surface area (Å²) in [5.41, 5.74) is 1.81. The molecule has 0 aliphatic carbocycles. The molecular formula is C16H17BrN2O2. The Morgan fingerprint density at radius 3 is 3.10 bits per heavy atom. The lowest BCUT2D eigenvalue weighted by molar-refractivity contribution is 0.0947. The Balaban J connectivity index is 1.52. The van der Waals surface area contributed by atoms with Gasteiger partial charge in [0.2, 0.25) is 0 Å². The van der Waals surface area contributed by atoms with Crippen LogP contribution in [0.1, 0.15) is 16.8 Å². The largest absolute Gasteiger partial charge is 0.472 e. The molecule has 1 aliphatic rings. The number of halogens is 1. The highest BCUT2D eigenvalue weighted by molar-refractivity contribution is 9.10. The van der Waals surface area contributed by atoms with Gasteiger partial charge in [0, 0.05) is 29.8 Å². The molecule has 1 aliphatic heterocycles. The summed E-state index contributed by atoms with van der Waals surface area (Å²) in [4.78, 5) is 14.2. The Hall–Kier alpha value is -1.75. The number of carbonyl (C=O) groups excluding carboxylic acids is 1. The zero-order chi connectivity index (χ0) is 14.7. The number of rotatable bonds is 4. The second kappa shape index (κ2) is 6.35. The molecule has 21 heavy (non-hydrogen) atoms. The first-order valence-electron chi connectivity index (χ1n) is 7.03. The third-order valence-corrected chi connectivity index (χ3v) is 4.29. The first-order chi connectivity index (χ1) is 10.2. The summed E-state index contributed by atoms with van der Waals surface area (Å²) in [6.45, 7) is 2.71. The van der Waals surface area contributed by atoms with Crippen LogP contribution < -0.4 is 10.2 Å². The first-order valence-corrected chi connectivity index (χ1v) is 7.82. The summed E-state index contributed by atoms with van der Waals surface area (Å²) in [6.07, 6.45) is 4.08. The van der Waals surface area contributed by atoms with Gasteiger partial charge in [-0.1, -0.05) is 22.0 Å². The van der Waals surface area contributed by atoms with Gasteiger partial charge in [0.1, 0.15) is 6.26 Å². The van der Waals surface area contributed by atoms with Crippen LogP contribution in [0.15, 0.2) is 51.7 Å². The fourth-order valence-electron chi connectivity index (χ4n) is 2.64. The van der Waals surface area contributed by atoms with Crippen LogP contribution in [0.5, 0.6) is 0 Å². The molecule has 2 heterocycles. The summed E-state index contributed by atoms with van der Waals surface area (Å²) in [7, 11) is 0. The van der Waals surface area contributed by atoms with Crippen molar-refractivity contribution in [3.8, 4) is 0 Å². The van der Waals surface area contributed by atoms with Crippen molar-refractivity contribution in [3.05, 3.63) is 52.9 Å². The highest BCUT2D eigenvalue weighted by atomic mass is 79.9. The highest BCUT2D eigenvalue weighted by Gasteiger charge is 2.23. The Morgan fingerprint density at radius 2 is 2.33 bits per heavy atom. The van der Waals surface area contributed by atoms with E-state index < -0.39 is 0 Å². The predicted molar refractivity (Wildman–Crippen MR) is 85.5 cm³/mol. The third-order valence-electron chi connectivity index (χ3n) is 3.79. The van der Waals surface area contributed by atoms with Crippen molar-refractivity contribution in [3.63, 3.8) is 0 Å². The summed E-state index contributed by atoms with van der Waals surface area (Å²) >= 11 is 3.50. The van der Waals surface area contributed by atoms with Crippen molar-refractivity contribution in [1.82, 2.24) is 5.32 Å². The fraction of sp³-hybridized carbons (Fsp3) is 0.312. The van der Waals surface area contributed by atoms with E-state index >= 15 is 0 Å². The number of benzene rings is 1. The molecule has 0 unspecified atom stereocenters. The fourth-order valence-corrected chi connectivity index (χ4v) is 3.03. The molecule has 2 aromatic rings.